The van der Waals surface area contributed by atoms with Crippen LogP contribution in [0, 0.1) is 12.7 Å². The first-order chi connectivity index (χ1) is 9.22. The quantitative estimate of drug-likeness (QED) is 0.890. The van der Waals surface area contributed by atoms with Crippen molar-refractivity contribution in [2.45, 2.75) is 32.2 Å². The van der Waals surface area contributed by atoms with Crippen LogP contribution in [-0.4, -0.2) is 22.6 Å². The molecule has 0 amide bonds. The van der Waals surface area contributed by atoms with Gasteiger partial charge in [0.2, 0.25) is 0 Å². The average Bonchev–Trinajstić information content (AvgIpc) is 3.01. The molecule has 1 aromatic carbocycles. The van der Waals surface area contributed by atoms with Crippen molar-refractivity contribution < 1.29 is 4.39 Å². The van der Waals surface area contributed by atoms with Crippen LogP contribution in [0.3, 0.4) is 0 Å². The number of benzene rings is 1. The molecule has 4 heteroatoms. The summed E-state index contributed by atoms with van der Waals surface area (Å²) in [7, 11) is 0. The van der Waals surface area contributed by atoms with E-state index in [9.17, 15) is 4.39 Å². The number of H-pyrrole nitrogens is 1. The molecule has 0 spiro atoms. The van der Waals surface area contributed by atoms with Crippen molar-refractivity contribution in [1.82, 2.24) is 15.3 Å². The van der Waals surface area contributed by atoms with E-state index in [1.807, 2.05) is 6.92 Å². The first-order valence-corrected chi connectivity index (χ1v) is 6.77. The van der Waals surface area contributed by atoms with Crippen LogP contribution in [0.25, 0.3) is 11.3 Å². The summed E-state index contributed by atoms with van der Waals surface area (Å²) in [6.45, 7) is 3.12. The van der Waals surface area contributed by atoms with Crippen LogP contribution in [0.1, 0.15) is 24.4 Å². The number of nitrogens with zero attached hydrogens (tertiary/aromatic N) is 1. The molecule has 1 atom stereocenters. The molecule has 0 radical (unpaired) electrons. The number of rotatable bonds is 3. The number of imidazole rings is 1. The van der Waals surface area contributed by atoms with Gasteiger partial charge in [0.25, 0.3) is 0 Å². The molecule has 1 saturated heterocycles. The van der Waals surface area contributed by atoms with E-state index < -0.39 is 0 Å². The minimum atomic E-state index is -0.215. The van der Waals surface area contributed by atoms with Crippen molar-refractivity contribution in [1.29, 1.82) is 0 Å². The maximum atomic E-state index is 12.9. The van der Waals surface area contributed by atoms with Gasteiger partial charge in [0.05, 0.1) is 5.69 Å². The van der Waals surface area contributed by atoms with Crippen molar-refractivity contribution in [3.8, 4) is 11.3 Å². The fourth-order valence-corrected chi connectivity index (χ4v) is 2.67. The second-order valence-corrected chi connectivity index (χ2v) is 5.16. The van der Waals surface area contributed by atoms with Crippen molar-refractivity contribution in [2.75, 3.05) is 6.54 Å². The molecule has 100 valence electrons. The average molecular weight is 259 g/mol. The molecule has 0 bridgehead atoms. The fraction of sp³-hybridized carbons (Fsp3) is 0.400. The number of aromatic nitrogens is 2. The van der Waals surface area contributed by atoms with Gasteiger partial charge in [0.15, 0.2) is 0 Å². The van der Waals surface area contributed by atoms with Crippen molar-refractivity contribution in [3.63, 3.8) is 0 Å². The Balaban J connectivity index is 1.82. The molecule has 2 heterocycles. The standard InChI is InChI=1S/C15H18FN3/c1-10-15(11-4-6-12(16)7-5-11)19-14(18-10)9-13-3-2-8-17-13/h4-7,13,17H,2-3,8-9H2,1H3,(H,18,19). The van der Waals surface area contributed by atoms with Crippen LogP contribution in [0.2, 0.25) is 0 Å². The summed E-state index contributed by atoms with van der Waals surface area (Å²) in [5, 5.41) is 3.47. The van der Waals surface area contributed by atoms with E-state index in [-0.39, 0.29) is 5.82 Å². The lowest BCUT2D eigenvalue weighted by molar-refractivity contribution is 0.588. The van der Waals surface area contributed by atoms with E-state index in [0.29, 0.717) is 6.04 Å². The minimum absolute atomic E-state index is 0.215. The predicted octanol–water partition coefficient (Wildman–Crippen LogP) is 2.82. The van der Waals surface area contributed by atoms with Crippen molar-refractivity contribution >= 4 is 0 Å². The van der Waals surface area contributed by atoms with Crippen LogP contribution in [0.15, 0.2) is 24.3 Å². The third kappa shape index (κ3) is 2.68. The third-order valence-electron chi connectivity index (χ3n) is 3.65. The Hall–Kier alpha value is -1.68. The van der Waals surface area contributed by atoms with Gasteiger partial charge in [-0.15, -0.1) is 0 Å². The van der Waals surface area contributed by atoms with Gasteiger partial charge in [-0.2, -0.15) is 0 Å². The highest BCUT2D eigenvalue weighted by Gasteiger charge is 2.17. The Morgan fingerprint density at radius 3 is 2.79 bits per heavy atom. The van der Waals surface area contributed by atoms with Gasteiger partial charge >= 0.3 is 0 Å². The van der Waals surface area contributed by atoms with Gasteiger partial charge in [-0.05, 0) is 50.6 Å². The van der Waals surface area contributed by atoms with Crippen LogP contribution >= 0.6 is 0 Å². The summed E-state index contributed by atoms with van der Waals surface area (Å²) >= 11 is 0. The predicted molar refractivity (Wildman–Crippen MR) is 73.4 cm³/mol. The summed E-state index contributed by atoms with van der Waals surface area (Å²) in [4.78, 5) is 7.99. The highest BCUT2D eigenvalue weighted by molar-refractivity contribution is 5.61. The molecule has 0 saturated carbocycles. The Bertz CT molecular complexity index is 553. The molecule has 0 aliphatic carbocycles. The number of hydrogen-bond donors (Lipinski definition) is 2. The topological polar surface area (TPSA) is 40.7 Å². The molecule has 1 fully saturated rings. The Kier molecular flexibility index (Phi) is 3.34. The number of aromatic amines is 1. The lowest BCUT2D eigenvalue weighted by Crippen LogP contribution is -2.24. The number of hydrogen-bond acceptors (Lipinski definition) is 2. The van der Waals surface area contributed by atoms with Crippen molar-refractivity contribution in [3.05, 3.63) is 41.6 Å². The number of aryl methyl sites for hydroxylation is 1. The molecule has 2 aromatic rings. The Morgan fingerprint density at radius 1 is 1.32 bits per heavy atom. The molecule has 2 N–H and O–H groups in total. The molecule has 3 rings (SSSR count). The van der Waals surface area contributed by atoms with Gasteiger partial charge in [-0.3, -0.25) is 0 Å². The zero-order valence-electron chi connectivity index (χ0n) is 11.0. The Morgan fingerprint density at radius 2 is 2.11 bits per heavy atom. The molecule has 3 nitrogen and oxygen atoms in total. The van der Waals surface area contributed by atoms with E-state index in [1.54, 1.807) is 12.1 Å². The zero-order chi connectivity index (χ0) is 13.2. The van der Waals surface area contributed by atoms with Gasteiger partial charge in [-0.25, -0.2) is 9.37 Å². The third-order valence-corrected chi connectivity index (χ3v) is 3.65. The molecule has 1 aliphatic heterocycles. The van der Waals surface area contributed by atoms with Crippen LogP contribution in [0.4, 0.5) is 4.39 Å². The highest BCUT2D eigenvalue weighted by Crippen LogP contribution is 2.22. The zero-order valence-corrected chi connectivity index (χ0v) is 11.0. The molecular formula is C15H18FN3. The molecule has 19 heavy (non-hydrogen) atoms. The maximum absolute atomic E-state index is 12.9. The summed E-state index contributed by atoms with van der Waals surface area (Å²) in [6.07, 6.45) is 3.39. The van der Waals surface area contributed by atoms with E-state index in [4.69, 9.17) is 0 Å². The fourth-order valence-electron chi connectivity index (χ4n) is 2.67. The highest BCUT2D eigenvalue weighted by atomic mass is 19.1. The van der Waals surface area contributed by atoms with E-state index >= 15 is 0 Å². The van der Waals surface area contributed by atoms with Gasteiger partial charge in [-0.1, -0.05) is 0 Å². The molecule has 1 aliphatic rings. The monoisotopic (exact) mass is 259 g/mol. The number of nitrogens with one attached hydrogen (secondary N) is 2. The van der Waals surface area contributed by atoms with Crippen molar-refractivity contribution in [2.24, 2.45) is 0 Å². The summed E-state index contributed by atoms with van der Waals surface area (Å²) in [6, 6.07) is 7.03. The Labute approximate surface area is 112 Å². The molecule has 1 aromatic heterocycles. The largest absolute Gasteiger partial charge is 0.346 e. The minimum Gasteiger partial charge on any atom is -0.346 e. The van der Waals surface area contributed by atoms with E-state index in [0.717, 1.165) is 35.7 Å². The first kappa shape index (κ1) is 12.4. The van der Waals surface area contributed by atoms with E-state index in [1.165, 1.54) is 25.0 Å². The lowest BCUT2D eigenvalue weighted by atomic mass is 10.1. The summed E-state index contributed by atoms with van der Waals surface area (Å²) in [5.74, 6) is 0.795. The first-order valence-electron chi connectivity index (χ1n) is 6.77. The molecule has 1 unspecified atom stereocenters. The smallest absolute Gasteiger partial charge is 0.123 e. The van der Waals surface area contributed by atoms with Gasteiger partial charge in [0, 0.05) is 23.7 Å². The van der Waals surface area contributed by atoms with Crippen LogP contribution < -0.4 is 5.32 Å². The normalized spacial score (nSPS) is 18.9. The van der Waals surface area contributed by atoms with Crippen LogP contribution in [0.5, 0.6) is 0 Å². The number of halogens is 1. The molecular weight excluding hydrogens is 241 g/mol. The lowest BCUT2D eigenvalue weighted by Gasteiger charge is -2.06. The SMILES string of the molecule is Cc1[nH]c(CC2CCCN2)nc1-c1ccc(F)cc1. The van der Waals surface area contributed by atoms with Gasteiger partial charge < -0.3 is 10.3 Å². The summed E-state index contributed by atoms with van der Waals surface area (Å²) in [5.41, 5.74) is 2.92. The maximum Gasteiger partial charge on any atom is 0.123 e. The summed E-state index contributed by atoms with van der Waals surface area (Å²) < 4.78 is 12.9. The van der Waals surface area contributed by atoms with E-state index in [2.05, 4.69) is 15.3 Å². The second-order valence-electron chi connectivity index (χ2n) is 5.16. The van der Waals surface area contributed by atoms with Gasteiger partial charge in [0.1, 0.15) is 11.6 Å². The second kappa shape index (κ2) is 5.13. The van der Waals surface area contributed by atoms with Crippen LogP contribution in [-0.2, 0) is 6.42 Å².